The highest BCUT2D eigenvalue weighted by molar-refractivity contribution is 4.94. The van der Waals surface area contributed by atoms with Gasteiger partial charge in [-0.15, -0.1) is 0 Å². The Morgan fingerprint density at radius 1 is 0.455 bits per heavy atom. The maximum Gasteiger partial charge on any atom is 0.187 e. The molecule has 55 heavy (non-hydrogen) atoms. The molecule has 0 aromatic heterocycles. The van der Waals surface area contributed by atoms with E-state index >= 15 is 0 Å². The van der Waals surface area contributed by atoms with E-state index in [-0.39, 0.29) is 12.7 Å². The average Bonchev–Trinajstić information content (AvgIpc) is 3.19. The largest absolute Gasteiger partial charge is 0.394 e. The predicted octanol–water partition coefficient (Wildman–Crippen LogP) is 6.19. The molecule has 0 amide bonds. The highest BCUT2D eigenvalue weighted by Crippen LogP contribution is 2.30. The molecule has 0 aromatic rings. The second kappa shape index (κ2) is 32.4. The number of unbranched alkanes of at least 4 members (excludes halogenated alkanes) is 25. The van der Waals surface area contributed by atoms with Crippen molar-refractivity contribution in [3.05, 3.63) is 0 Å². The molecule has 12 heteroatoms. The van der Waals surface area contributed by atoms with Crippen molar-refractivity contribution in [1.29, 1.82) is 0 Å². The van der Waals surface area contributed by atoms with Crippen LogP contribution in [0, 0.1) is 0 Å². The predicted molar refractivity (Wildman–Crippen MR) is 213 cm³/mol. The molecule has 12 nitrogen and oxygen atoms in total. The van der Waals surface area contributed by atoms with Crippen molar-refractivity contribution in [2.45, 2.75) is 248 Å². The zero-order chi connectivity index (χ0) is 40.1. The molecule has 2 aliphatic rings. The van der Waals surface area contributed by atoms with Crippen LogP contribution in [-0.2, 0) is 23.7 Å². The van der Waals surface area contributed by atoms with E-state index in [0.717, 1.165) is 19.3 Å². The van der Waals surface area contributed by atoms with Gasteiger partial charge in [0, 0.05) is 7.11 Å². The van der Waals surface area contributed by atoms with E-state index < -0.39 is 74.6 Å². The molecule has 0 bridgehead atoms. The Kier molecular flexibility index (Phi) is 29.8. The van der Waals surface area contributed by atoms with Crippen LogP contribution >= 0.6 is 0 Å². The van der Waals surface area contributed by atoms with E-state index in [1.165, 1.54) is 154 Å². The minimum Gasteiger partial charge on any atom is -0.394 e. The first-order valence-electron chi connectivity index (χ1n) is 22.5. The molecule has 0 aliphatic carbocycles. The molecule has 0 saturated carbocycles. The summed E-state index contributed by atoms with van der Waals surface area (Å²) >= 11 is 0. The van der Waals surface area contributed by atoms with E-state index in [0.29, 0.717) is 0 Å². The van der Waals surface area contributed by atoms with E-state index in [9.17, 15) is 35.7 Å². The minimum atomic E-state index is -1.72. The molecular weight excluding hydrogens is 708 g/mol. The summed E-state index contributed by atoms with van der Waals surface area (Å²) in [4.78, 5) is 0. The summed E-state index contributed by atoms with van der Waals surface area (Å²) in [6.07, 6.45) is 21.1. The number of rotatable bonds is 35. The third-order valence-electron chi connectivity index (χ3n) is 11.6. The van der Waals surface area contributed by atoms with Gasteiger partial charge in [-0.05, 0) is 6.42 Å². The topological polar surface area (TPSA) is 188 Å². The third-order valence-corrected chi connectivity index (χ3v) is 11.6. The zero-order valence-electron chi connectivity index (χ0n) is 34.7. The van der Waals surface area contributed by atoms with Gasteiger partial charge in [0.15, 0.2) is 12.6 Å². The lowest BCUT2D eigenvalue weighted by Gasteiger charge is -2.46. The lowest BCUT2D eigenvalue weighted by atomic mass is 9.97. The van der Waals surface area contributed by atoms with Crippen LogP contribution in [0.25, 0.3) is 0 Å². The van der Waals surface area contributed by atoms with Crippen molar-refractivity contribution in [2.24, 2.45) is 0 Å². The number of aliphatic hydroxyl groups excluding tert-OH is 7. The minimum absolute atomic E-state index is 0.112. The van der Waals surface area contributed by atoms with Gasteiger partial charge in [-0.25, -0.2) is 0 Å². The van der Waals surface area contributed by atoms with E-state index in [1.54, 1.807) is 7.11 Å². The van der Waals surface area contributed by atoms with Crippen molar-refractivity contribution in [3.63, 3.8) is 0 Å². The molecule has 2 rings (SSSR count). The molecule has 2 saturated heterocycles. The normalized spacial score (nSPS) is 29.2. The number of ether oxygens (including phenoxy) is 5. The first-order valence-corrected chi connectivity index (χ1v) is 22.5. The number of aliphatic hydroxyl groups is 7. The fourth-order valence-electron chi connectivity index (χ4n) is 7.85. The Balaban J connectivity index is 1.42. The van der Waals surface area contributed by atoms with Gasteiger partial charge in [-0.2, -0.15) is 0 Å². The van der Waals surface area contributed by atoms with Crippen LogP contribution in [0.1, 0.15) is 180 Å². The SMILES string of the molecule is CCCCCCCCCCCCCCCCCCCCCCCCCCCCC(CO[C@@H]1OC(CO)[C@@H](O[C@@H]2OC(CO)[C@H](O)[C@H](O)C2O)[C@H](O)C1O)OC. The maximum absolute atomic E-state index is 10.8. The van der Waals surface area contributed by atoms with E-state index in [4.69, 9.17) is 23.7 Å². The Morgan fingerprint density at radius 3 is 1.24 bits per heavy atom. The standard InChI is InChI=1S/C43H84O12/c1-3-4-5-6-7-8-9-10-11-12-13-14-15-16-17-18-19-20-21-22-23-24-25-26-27-28-29-33(51-2)32-52-42-40(50)38(48)41(35(31-45)54-42)55-43-39(49)37(47)36(46)34(30-44)53-43/h33-50H,3-32H2,1-2H3/t33?,34?,35?,36-,37-,38+,39?,40?,41+,42+,43-/m0/s1. The molecular formula is C43H84O12. The van der Waals surface area contributed by atoms with Gasteiger partial charge in [0.2, 0.25) is 0 Å². The molecule has 0 spiro atoms. The smallest absolute Gasteiger partial charge is 0.187 e. The number of methoxy groups -OCH3 is 1. The second-order valence-corrected chi connectivity index (χ2v) is 16.3. The highest BCUT2D eigenvalue weighted by atomic mass is 16.7. The van der Waals surface area contributed by atoms with Gasteiger partial charge in [-0.1, -0.05) is 174 Å². The molecule has 2 heterocycles. The van der Waals surface area contributed by atoms with Crippen LogP contribution < -0.4 is 0 Å². The van der Waals surface area contributed by atoms with Crippen LogP contribution in [0.4, 0.5) is 0 Å². The molecule has 11 atom stereocenters. The van der Waals surface area contributed by atoms with E-state index in [1.807, 2.05) is 0 Å². The summed E-state index contributed by atoms with van der Waals surface area (Å²) in [5.41, 5.74) is 0. The van der Waals surface area contributed by atoms with Crippen molar-refractivity contribution >= 4 is 0 Å². The van der Waals surface area contributed by atoms with Gasteiger partial charge in [0.1, 0.15) is 48.8 Å². The molecule has 328 valence electrons. The van der Waals surface area contributed by atoms with Crippen LogP contribution in [0.3, 0.4) is 0 Å². The summed E-state index contributed by atoms with van der Waals surface area (Å²) < 4.78 is 28.0. The van der Waals surface area contributed by atoms with Crippen molar-refractivity contribution in [2.75, 3.05) is 26.9 Å². The second-order valence-electron chi connectivity index (χ2n) is 16.3. The summed E-state index contributed by atoms with van der Waals surface area (Å²) in [7, 11) is 1.60. The molecule has 2 fully saturated rings. The van der Waals surface area contributed by atoms with Gasteiger partial charge in [-0.3, -0.25) is 0 Å². The lowest BCUT2D eigenvalue weighted by molar-refractivity contribution is -0.360. The Bertz CT molecular complexity index is 866. The van der Waals surface area contributed by atoms with Gasteiger partial charge >= 0.3 is 0 Å². The van der Waals surface area contributed by atoms with E-state index in [2.05, 4.69) is 6.92 Å². The number of hydrogen-bond donors (Lipinski definition) is 7. The van der Waals surface area contributed by atoms with Crippen LogP contribution in [0.15, 0.2) is 0 Å². The van der Waals surface area contributed by atoms with Crippen molar-refractivity contribution in [3.8, 4) is 0 Å². The third kappa shape index (κ3) is 20.9. The fraction of sp³-hybridized carbons (Fsp3) is 1.00. The fourth-order valence-corrected chi connectivity index (χ4v) is 7.85. The van der Waals surface area contributed by atoms with Crippen molar-refractivity contribution < 1.29 is 59.4 Å². The summed E-state index contributed by atoms with van der Waals surface area (Å²) in [5.74, 6) is 0. The number of hydrogen-bond acceptors (Lipinski definition) is 12. The Hall–Kier alpha value is -0.480. The molecule has 0 aromatic carbocycles. The molecule has 2 aliphatic heterocycles. The first kappa shape index (κ1) is 50.7. The zero-order valence-corrected chi connectivity index (χ0v) is 34.7. The Labute approximate surface area is 333 Å². The van der Waals surface area contributed by atoms with Gasteiger partial charge in [0.05, 0.1) is 25.9 Å². The Morgan fingerprint density at radius 2 is 0.836 bits per heavy atom. The summed E-state index contributed by atoms with van der Waals surface area (Å²) in [6.45, 7) is 1.13. The summed E-state index contributed by atoms with van der Waals surface area (Å²) in [6, 6.07) is 0. The summed E-state index contributed by atoms with van der Waals surface area (Å²) in [5, 5.41) is 71.3. The van der Waals surface area contributed by atoms with Gasteiger partial charge in [0.25, 0.3) is 0 Å². The first-order chi connectivity index (χ1) is 26.8. The lowest BCUT2D eigenvalue weighted by Crippen LogP contribution is -2.64. The molecule has 0 radical (unpaired) electrons. The molecule has 7 N–H and O–H groups in total. The quantitative estimate of drug-likeness (QED) is 0.0361. The van der Waals surface area contributed by atoms with Crippen LogP contribution in [-0.4, -0.2) is 130 Å². The highest BCUT2D eigenvalue weighted by Gasteiger charge is 2.50. The molecule has 5 unspecified atom stereocenters. The van der Waals surface area contributed by atoms with Gasteiger partial charge < -0.3 is 59.4 Å². The van der Waals surface area contributed by atoms with Crippen LogP contribution in [0.5, 0.6) is 0 Å². The average molecular weight is 793 g/mol. The monoisotopic (exact) mass is 793 g/mol. The van der Waals surface area contributed by atoms with Crippen LogP contribution in [0.2, 0.25) is 0 Å². The van der Waals surface area contributed by atoms with Crippen molar-refractivity contribution in [1.82, 2.24) is 0 Å². The maximum atomic E-state index is 10.8.